The Morgan fingerprint density at radius 1 is 1.64 bits per heavy atom. The molecule has 0 aliphatic rings. The highest BCUT2D eigenvalue weighted by Crippen LogP contribution is 2.00. The maximum Gasteiger partial charge on any atom is 0.153 e. The molecule has 0 saturated carbocycles. The molecule has 1 aromatic rings. The van der Waals surface area contributed by atoms with E-state index in [2.05, 4.69) is 20.5 Å². The van der Waals surface area contributed by atoms with E-state index in [1.54, 1.807) is 6.21 Å². The third-order valence-corrected chi connectivity index (χ3v) is 2.62. The maximum atomic E-state index is 4.92. The van der Waals surface area contributed by atoms with Gasteiger partial charge in [0.2, 0.25) is 0 Å². The van der Waals surface area contributed by atoms with E-state index in [1.165, 1.54) is 11.8 Å². The van der Waals surface area contributed by atoms with E-state index in [-0.39, 0.29) is 0 Å². The predicted molar refractivity (Wildman–Crippen MR) is 64.9 cm³/mol. The molecule has 2 N–H and O–H groups in total. The number of aryl methyl sites for hydroxylation is 2. The molecule has 0 atom stereocenters. The third-order valence-electron chi connectivity index (χ3n) is 1.57. The molecule has 1 heterocycles. The van der Waals surface area contributed by atoms with Gasteiger partial charge in [-0.25, -0.2) is 4.98 Å². The Hall–Kier alpha value is -0.880. The third kappa shape index (κ3) is 3.12. The van der Waals surface area contributed by atoms with Crippen LogP contribution in [0.2, 0.25) is 0 Å². The van der Waals surface area contributed by atoms with Crippen LogP contribution in [0.1, 0.15) is 17.2 Å². The lowest BCUT2D eigenvalue weighted by atomic mass is 10.4. The number of nitrogens with zero attached hydrogens (tertiary/aromatic N) is 2. The maximum absolute atomic E-state index is 4.92. The van der Waals surface area contributed by atoms with Gasteiger partial charge in [0.05, 0.1) is 6.21 Å². The molecule has 0 aliphatic heterocycles. The van der Waals surface area contributed by atoms with Crippen LogP contribution in [-0.4, -0.2) is 26.8 Å². The average molecular weight is 228 g/mol. The molecule has 0 amide bonds. The zero-order valence-corrected chi connectivity index (χ0v) is 9.92. The van der Waals surface area contributed by atoms with Gasteiger partial charge in [-0.1, -0.05) is 24.0 Å². The molecular formula is C8H12N4S2. The summed E-state index contributed by atoms with van der Waals surface area (Å²) in [5.41, 5.74) is 4.56. The highest BCUT2D eigenvalue weighted by atomic mass is 32.2. The number of hydrogen-bond acceptors (Lipinski definition) is 4. The molecule has 0 fully saturated rings. The standard InChI is InChI=1S/C8H12N4S2/c1-5-7(11-6(2)10-5)4-9-12-8(13)14-3/h4H,1-3H3,(H,10,11)(H,12,13). The molecule has 0 unspecified atom stereocenters. The van der Waals surface area contributed by atoms with Gasteiger partial charge in [0.1, 0.15) is 11.5 Å². The van der Waals surface area contributed by atoms with Crippen molar-refractivity contribution < 1.29 is 0 Å². The van der Waals surface area contributed by atoms with Gasteiger partial charge in [0, 0.05) is 5.69 Å². The van der Waals surface area contributed by atoms with E-state index in [0.29, 0.717) is 4.32 Å². The van der Waals surface area contributed by atoms with Crippen molar-refractivity contribution >= 4 is 34.5 Å². The Kier molecular flexibility index (Phi) is 4.09. The second kappa shape index (κ2) is 5.11. The summed E-state index contributed by atoms with van der Waals surface area (Å²) in [5.74, 6) is 0.886. The number of nitrogens with one attached hydrogen (secondary N) is 2. The first-order valence-corrected chi connectivity index (χ1v) is 5.67. The summed E-state index contributed by atoms with van der Waals surface area (Å²) >= 11 is 6.37. The molecule has 0 spiro atoms. The summed E-state index contributed by atoms with van der Waals surface area (Å²) in [6.45, 7) is 3.86. The van der Waals surface area contributed by atoms with Crippen LogP contribution in [0.25, 0.3) is 0 Å². The van der Waals surface area contributed by atoms with Gasteiger partial charge in [0.15, 0.2) is 4.32 Å². The second-order valence-electron chi connectivity index (χ2n) is 2.69. The Balaban J connectivity index is 2.60. The van der Waals surface area contributed by atoms with Gasteiger partial charge >= 0.3 is 0 Å². The number of rotatable bonds is 2. The van der Waals surface area contributed by atoms with Crippen molar-refractivity contribution in [3.63, 3.8) is 0 Å². The fraction of sp³-hybridized carbons (Fsp3) is 0.375. The summed E-state index contributed by atoms with van der Waals surface area (Å²) in [5, 5.41) is 3.97. The molecule has 0 bridgehead atoms. The number of thiocarbonyl (C=S) groups is 1. The quantitative estimate of drug-likeness (QED) is 0.458. The normalized spacial score (nSPS) is 10.8. The summed E-state index contributed by atoms with van der Waals surface area (Å²) in [4.78, 5) is 7.33. The monoisotopic (exact) mass is 228 g/mol. The van der Waals surface area contributed by atoms with Crippen LogP contribution < -0.4 is 5.43 Å². The molecule has 0 radical (unpaired) electrons. The van der Waals surface area contributed by atoms with Crippen molar-refractivity contribution in [2.75, 3.05) is 6.26 Å². The molecule has 1 rings (SSSR count). The zero-order chi connectivity index (χ0) is 10.6. The van der Waals surface area contributed by atoms with Crippen LogP contribution in [0, 0.1) is 13.8 Å². The lowest BCUT2D eigenvalue weighted by Crippen LogP contribution is -2.10. The minimum absolute atomic E-state index is 0.645. The number of imidazole rings is 1. The van der Waals surface area contributed by atoms with Crippen LogP contribution in [0.15, 0.2) is 5.10 Å². The summed E-state index contributed by atoms with van der Waals surface area (Å²) in [6, 6.07) is 0. The van der Waals surface area contributed by atoms with Crippen molar-refractivity contribution in [3.05, 3.63) is 17.2 Å². The molecule has 0 aliphatic carbocycles. The first-order chi connectivity index (χ1) is 6.63. The van der Waals surface area contributed by atoms with Crippen molar-refractivity contribution in [1.82, 2.24) is 15.4 Å². The smallest absolute Gasteiger partial charge is 0.153 e. The van der Waals surface area contributed by atoms with Gasteiger partial charge in [-0.3, -0.25) is 5.43 Å². The van der Waals surface area contributed by atoms with Crippen LogP contribution >= 0.6 is 24.0 Å². The van der Waals surface area contributed by atoms with Crippen molar-refractivity contribution in [3.8, 4) is 0 Å². The number of thioether (sulfide) groups is 1. The SMILES string of the molecule is CSC(=S)NN=Cc1nc(C)[nH]c1C. The number of hydrazone groups is 1. The number of aromatic nitrogens is 2. The van der Waals surface area contributed by atoms with Crippen molar-refractivity contribution in [1.29, 1.82) is 0 Å². The number of aromatic amines is 1. The summed E-state index contributed by atoms with van der Waals surface area (Å²) in [6.07, 6.45) is 3.55. The summed E-state index contributed by atoms with van der Waals surface area (Å²) in [7, 11) is 0. The average Bonchev–Trinajstić information content (AvgIpc) is 2.45. The van der Waals surface area contributed by atoms with Crippen molar-refractivity contribution in [2.45, 2.75) is 13.8 Å². The van der Waals surface area contributed by atoms with Crippen LogP contribution in [0.5, 0.6) is 0 Å². The van der Waals surface area contributed by atoms with E-state index in [1.807, 2.05) is 20.1 Å². The van der Waals surface area contributed by atoms with Gasteiger partial charge in [-0.2, -0.15) is 5.10 Å². The molecule has 76 valence electrons. The molecule has 4 nitrogen and oxygen atoms in total. The van der Waals surface area contributed by atoms with Gasteiger partial charge < -0.3 is 4.98 Å². The number of H-pyrrole nitrogens is 1. The van der Waals surface area contributed by atoms with E-state index >= 15 is 0 Å². The fourth-order valence-corrected chi connectivity index (χ4v) is 1.14. The molecule has 6 heteroatoms. The molecule has 14 heavy (non-hydrogen) atoms. The van der Waals surface area contributed by atoms with Crippen LogP contribution in [-0.2, 0) is 0 Å². The largest absolute Gasteiger partial charge is 0.346 e. The second-order valence-corrected chi connectivity index (χ2v) is 4.18. The Morgan fingerprint density at radius 3 is 2.86 bits per heavy atom. The Bertz CT molecular complexity index is 356. The highest BCUT2D eigenvalue weighted by Gasteiger charge is 1.99. The first kappa shape index (κ1) is 11.2. The van der Waals surface area contributed by atoms with Gasteiger partial charge in [-0.05, 0) is 20.1 Å². The lowest BCUT2D eigenvalue weighted by molar-refractivity contribution is 1.07. The highest BCUT2D eigenvalue weighted by molar-refractivity contribution is 8.22. The predicted octanol–water partition coefficient (Wildman–Crippen LogP) is 1.60. The topological polar surface area (TPSA) is 53.1 Å². The molecule has 0 aromatic carbocycles. The minimum Gasteiger partial charge on any atom is -0.346 e. The minimum atomic E-state index is 0.645. The molecular weight excluding hydrogens is 216 g/mol. The van der Waals surface area contributed by atoms with E-state index in [0.717, 1.165) is 17.2 Å². The van der Waals surface area contributed by atoms with E-state index < -0.39 is 0 Å². The van der Waals surface area contributed by atoms with Gasteiger partial charge in [0.25, 0.3) is 0 Å². The first-order valence-electron chi connectivity index (χ1n) is 4.03. The van der Waals surface area contributed by atoms with Crippen molar-refractivity contribution in [2.24, 2.45) is 5.10 Å². The Labute approximate surface area is 92.6 Å². The fourth-order valence-electron chi connectivity index (χ4n) is 0.945. The number of hydrogen-bond donors (Lipinski definition) is 2. The zero-order valence-electron chi connectivity index (χ0n) is 8.29. The van der Waals surface area contributed by atoms with E-state index in [4.69, 9.17) is 12.2 Å². The molecule has 1 aromatic heterocycles. The molecule has 0 saturated heterocycles. The van der Waals surface area contributed by atoms with E-state index in [9.17, 15) is 0 Å². The van der Waals surface area contributed by atoms with Crippen LogP contribution in [0.4, 0.5) is 0 Å². The van der Waals surface area contributed by atoms with Gasteiger partial charge in [-0.15, -0.1) is 0 Å². The summed E-state index contributed by atoms with van der Waals surface area (Å²) < 4.78 is 0.645. The van der Waals surface area contributed by atoms with Crippen LogP contribution in [0.3, 0.4) is 0 Å². The lowest BCUT2D eigenvalue weighted by Gasteiger charge is -1.95. The Morgan fingerprint density at radius 2 is 2.36 bits per heavy atom.